The molecule has 0 radical (unpaired) electrons. The zero-order valence-corrected chi connectivity index (χ0v) is 15.3. The summed E-state index contributed by atoms with van der Waals surface area (Å²) in [4.78, 5) is 24.2. The molecule has 2 aromatic rings. The van der Waals surface area contributed by atoms with Crippen molar-refractivity contribution in [3.05, 3.63) is 53.1 Å². The van der Waals surface area contributed by atoms with Gasteiger partial charge >= 0.3 is 0 Å². The van der Waals surface area contributed by atoms with E-state index in [4.69, 9.17) is 0 Å². The Bertz CT molecular complexity index is 814. The van der Waals surface area contributed by atoms with Crippen LogP contribution in [0.15, 0.2) is 30.5 Å². The summed E-state index contributed by atoms with van der Waals surface area (Å²) in [5.41, 5.74) is 1.10. The molecule has 1 aliphatic heterocycles. The minimum absolute atomic E-state index is 0.243. The molecule has 0 saturated carbocycles. The Morgan fingerprint density at radius 3 is 2.74 bits per heavy atom. The molecule has 1 aromatic carbocycles. The van der Waals surface area contributed by atoms with E-state index in [1.165, 1.54) is 6.07 Å². The van der Waals surface area contributed by atoms with E-state index in [1.807, 2.05) is 10.9 Å². The summed E-state index contributed by atoms with van der Waals surface area (Å²) in [6.07, 6.45) is 3.96. The second kappa shape index (κ2) is 8.77. The lowest BCUT2D eigenvalue weighted by atomic mass is 10.1. The molecule has 1 saturated heterocycles. The number of halogens is 1. The third-order valence-electron chi connectivity index (χ3n) is 4.62. The lowest BCUT2D eigenvalue weighted by molar-refractivity contribution is 0.0924. The van der Waals surface area contributed by atoms with E-state index in [-0.39, 0.29) is 36.5 Å². The van der Waals surface area contributed by atoms with Crippen molar-refractivity contribution in [2.75, 3.05) is 26.2 Å². The van der Waals surface area contributed by atoms with Crippen LogP contribution in [0.1, 0.15) is 45.3 Å². The van der Waals surface area contributed by atoms with Gasteiger partial charge < -0.3 is 16.0 Å². The number of aryl methyl sites for hydroxylation is 1. The van der Waals surface area contributed by atoms with Crippen molar-refractivity contribution in [2.45, 2.75) is 25.8 Å². The number of hydrogen-bond acceptors (Lipinski definition) is 4. The molecule has 1 aliphatic rings. The second-order valence-electron chi connectivity index (χ2n) is 6.66. The molecular weight excluding hydrogens is 349 g/mol. The lowest BCUT2D eigenvalue weighted by Crippen LogP contribution is -2.35. The monoisotopic (exact) mass is 373 g/mol. The Balaban J connectivity index is 1.43. The van der Waals surface area contributed by atoms with Crippen molar-refractivity contribution in [3.8, 4) is 0 Å². The van der Waals surface area contributed by atoms with Crippen molar-refractivity contribution >= 4 is 11.8 Å². The van der Waals surface area contributed by atoms with Crippen LogP contribution < -0.4 is 16.0 Å². The topological polar surface area (TPSA) is 88.0 Å². The summed E-state index contributed by atoms with van der Waals surface area (Å²) in [7, 11) is 0. The first-order chi connectivity index (χ1) is 13.0. The van der Waals surface area contributed by atoms with Crippen LogP contribution in [0.25, 0.3) is 0 Å². The molecule has 7 nitrogen and oxygen atoms in total. The largest absolute Gasteiger partial charge is 0.350 e. The summed E-state index contributed by atoms with van der Waals surface area (Å²) in [5.74, 6) is -1.08. The van der Waals surface area contributed by atoms with Gasteiger partial charge in [-0.15, -0.1) is 0 Å². The van der Waals surface area contributed by atoms with Crippen LogP contribution in [0.3, 0.4) is 0 Å². The van der Waals surface area contributed by atoms with Crippen LogP contribution in [-0.2, 0) is 0 Å². The summed E-state index contributed by atoms with van der Waals surface area (Å²) in [6.45, 7) is 4.02. The van der Waals surface area contributed by atoms with Crippen LogP contribution in [-0.4, -0.2) is 47.8 Å². The number of aromatic nitrogens is 2. The molecule has 1 unspecified atom stereocenters. The highest BCUT2D eigenvalue weighted by Crippen LogP contribution is 2.15. The van der Waals surface area contributed by atoms with E-state index >= 15 is 0 Å². The minimum atomic E-state index is -0.417. The molecule has 8 heteroatoms. The normalized spacial score (nSPS) is 16.7. The standard InChI is InChI=1S/C19H24FN5O2/c1-13-4-5-14(11-16(13)20)18(26)22-8-9-23-19(27)17-6-10-25(24-17)15-3-2-7-21-12-15/h4-6,10-11,15,21H,2-3,7-9,12H2,1H3,(H,22,26)(H,23,27). The van der Waals surface area contributed by atoms with E-state index in [0.717, 1.165) is 25.9 Å². The van der Waals surface area contributed by atoms with Gasteiger partial charge in [0.05, 0.1) is 6.04 Å². The summed E-state index contributed by atoms with van der Waals surface area (Å²) >= 11 is 0. The third kappa shape index (κ3) is 4.91. The average molecular weight is 373 g/mol. The fourth-order valence-corrected chi connectivity index (χ4v) is 3.00. The minimum Gasteiger partial charge on any atom is -0.350 e. The Morgan fingerprint density at radius 2 is 2.04 bits per heavy atom. The van der Waals surface area contributed by atoms with Crippen LogP contribution >= 0.6 is 0 Å². The average Bonchev–Trinajstić information content (AvgIpc) is 3.18. The van der Waals surface area contributed by atoms with Gasteiger partial charge in [-0.2, -0.15) is 5.10 Å². The molecule has 0 bridgehead atoms. The summed E-state index contributed by atoms with van der Waals surface area (Å²) in [6, 6.07) is 6.30. The van der Waals surface area contributed by atoms with Crippen LogP contribution in [0.2, 0.25) is 0 Å². The molecule has 3 rings (SSSR count). The van der Waals surface area contributed by atoms with E-state index in [2.05, 4.69) is 21.0 Å². The molecule has 144 valence electrons. The van der Waals surface area contributed by atoms with E-state index in [1.54, 1.807) is 25.1 Å². The highest BCUT2D eigenvalue weighted by molar-refractivity contribution is 5.94. The highest BCUT2D eigenvalue weighted by atomic mass is 19.1. The molecule has 3 N–H and O–H groups in total. The SMILES string of the molecule is Cc1ccc(C(=O)NCCNC(=O)c2ccn(C3CCCNC3)n2)cc1F. The molecule has 0 aliphatic carbocycles. The van der Waals surface area contributed by atoms with Crippen LogP contribution in [0.5, 0.6) is 0 Å². The molecular formula is C19H24FN5O2. The molecule has 2 amide bonds. The van der Waals surface area contributed by atoms with E-state index < -0.39 is 5.82 Å². The maximum Gasteiger partial charge on any atom is 0.271 e. The first-order valence-electron chi connectivity index (χ1n) is 9.13. The maximum absolute atomic E-state index is 13.5. The second-order valence-corrected chi connectivity index (χ2v) is 6.66. The van der Waals surface area contributed by atoms with Crippen LogP contribution in [0, 0.1) is 12.7 Å². The maximum atomic E-state index is 13.5. The molecule has 27 heavy (non-hydrogen) atoms. The van der Waals surface area contributed by atoms with Crippen molar-refractivity contribution in [2.24, 2.45) is 0 Å². The first-order valence-corrected chi connectivity index (χ1v) is 9.13. The Morgan fingerprint density at radius 1 is 1.26 bits per heavy atom. The Kier molecular flexibility index (Phi) is 6.18. The first kappa shape index (κ1) is 19.0. The highest BCUT2D eigenvalue weighted by Gasteiger charge is 2.17. The van der Waals surface area contributed by atoms with Crippen molar-refractivity contribution in [1.82, 2.24) is 25.7 Å². The summed E-state index contributed by atoms with van der Waals surface area (Å²) < 4.78 is 15.3. The molecule has 1 atom stereocenters. The number of carbonyl (C=O) groups excluding carboxylic acids is 2. The van der Waals surface area contributed by atoms with Gasteiger partial charge in [0, 0.05) is 31.4 Å². The van der Waals surface area contributed by atoms with Gasteiger partial charge in [-0.05, 0) is 50.1 Å². The fraction of sp³-hybridized carbons (Fsp3) is 0.421. The van der Waals surface area contributed by atoms with Crippen molar-refractivity contribution in [1.29, 1.82) is 0 Å². The number of nitrogens with zero attached hydrogens (tertiary/aromatic N) is 2. The van der Waals surface area contributed by atoms with Crippen molar-refractivity contribution < 1.29 is 14.0 Å². The van der Waals surface area contributed by atoms with Gasteiger partial charge in [0.25, 0.3) is 11.8 Å². The Labute approximate surface area is 157 Å². The molecule has 1 fully saturated rings. The van der Waals surface area contributed by atoms with Crippen molar-refractivity contribution in [3.63, 3.8) is 0 Å². The van der Waals surface area contributed by atoms with Gasteiger partial charge in [0.1, 0.15) is 11.5 Å². The number of nitrogens with one attached hydrogen (secondary N) is 3. The number of piperidine rings is 1. The third-order valence-corrected chi connectivity index (χ3v) is 4.62. The molecule has 2 heterocycles. The fourth-order valence-electron chi connectivity index (χ4n) is 3.00. The van der Waals surface area contributed by atoms with Gasteiger partial charge in [-0.25, -0.2) is 4.39 Å². The quantitative estimate of drug-likeness (QED) is 0.668. The van der Waals surface area contributed by atoms with Crippen LogP contribution in [0.4, 0.5) is 4.39 Å². The predicted molar refractivity (Wildman–Crippen MR) is 99.2 cm³/mol. The number of rotatable bonds is 6. The molecule has 1 aromatic heterocycles. The predicted octanol–water partition coefficient (Wildman–Crippen LogP) is 1.41. The number of carbonyl (C=O) groups is 2. The zero-order valence-electron chi connectivity index (χ0n) is 15.3. The molecule has 0 spiro atoms. The van der Waals surface area contributed by atoms with Gasteiger partial charge in [0.2, 0.25) is 0 Å². The van der Waals surface area contributed by atoms with Gasteiger partial charge in [-0.3, -0.25) is 14.3 Å². The van der Waals surface area contributed by atoms with Gasteiger partial charge in [0.15, 0.2) is 0 Å². The van der Waals surface area contributed by atoms with E-state index in [9.17, 15) is 14.0 Å². The number of benzene rings is 1. The number of hydrogen-bond donors (Lipinski definition) is 3. The smallest absolute Gasteiger partial charge is 0.271 e. The lowest BCUT2D eigenvalue weighted by Gasteiger charge is -2.22. The Hall–Kier alpha value is -2.74. The summed E-state index contributed by atoms with van der Waals surface area (Å²) in [5, 5.41) is 13.0. The zero-order chi connectivity index (χ0) is 19.2. The van der Waals surface area contributed by atoms with Gasteiger partial charge in [-0.1, -0.05) is 6.07 Å². The number of amides is 2. The van der Waals surface area contributed by atoms with E-state index in [0.29, 0.717) is 11.3 Å².